The summed E-state index contributed by atoms with van der Waals surface area (Å²) in [6.45, 7) is 0. The maximum Gasteiger partial charge on any atom is 0.198 e. The molecular formula is C10H5F2OS. The molecule has 1 aromatic carbocycles. The molecule has 0 bridgehead atoms. The molecule has 0 aliphatic heterocycles. The van der Waals surface area contributed by atoms with Gasteiger partial charge in [0.1, 0.15) is 5.75 Å². The quantitative estimate of drug-likeness (QED) is 0.737. The second-order valence-corrected chi connectivity index (χ2v) is 3.26. The number of hydrogen-bond donors (Lipinski definition) is 0. The molecule has 0 amide bonds. The molecule has 0 saturated heterocycles. The lowest BCUT2D eigenvalue weighted by molar-refractivity contribution is 0.409. The number of para-hydroxylation sites is 1. The zero-order valence-corrected chi connectivity index (χ0v) is 7.78. The Morgan fingerprint density at radius 2 is 1.93 bits per heavy atom. The first kappa shape index (κ1) is 9.15. The molecule has 0 aliphatic carbocycles. The molecule has 2 rings (SSSR count). The summed E-state index contributed by atoms with van der Waals surface area (Å²) in [5.41, 5.74) is 0. The maximum absolute atomic E-state index is 13.1. The first-order valence-corrected chi connectivity index (χ1v) is 4.72. The van der Waals surface area contributed by atoms with Gasteiger partial charge in [-0.3, -0.25) is 0 Å². The first-order valence-electron chi connectivity index (χ1n) is 3.84. The molecular weight excluding hydrogens is 206 g/mol. The van der Waals surface area contributed by atoms with E-state index in [1.165, 1.54) is 23.5 Å². The molecule has 2 aromatic rings. The number of rotatable bonds is 2. The monoisotopic (exact) mass is 211 g/mol. The van der Waals surface area contributed by atoms with Crippen LogP contribution in [0.25, 0.3) is 0 Å². The van der Waals surface area contributed by atoms with E-state index < -0.39 is 11.6 Å². The zero-order valence-electron chi connectivity index (χ0n) is 6.96. The van der Waals surface area contributed by atoms with Gasteiger partial charge in [-0.05, 0) is 12.1 Å². The summed E-state index contributed by atoms with van der Waals surface area (Å²) >= 11 is 1.28. The van der Waals surface area contributed by atoms with Crippen LogP contribution in [-0.4, -0.2) is 0 Å². The fourth-order valence-electron chi connectivity index (χ4n) is 0.970. The Morgan fingerprint density at radius 3 is 2.50 bits per heavy atom. The second kappa shape index (κ2) is 3.75. The van der Waals surface area contributed by atoms with Crippen LogP contribution in [0.4, 0.5) is 8.78 Å². The van der Waals surface area contributed by atoms with E-state index in [4.69, 9.17) is 4.74 Å². The zero-order chi connectivity index (χ0) is 9.97. The molecule has 0 aliphatic rings. The van der Waals surface area contributed by atoms with Crippen LogP contribution in [0.15, 0.2) is 29.6 Å². The van der Waals surface area contributed by atoms with Crippen LogP contribution in [0, 0.1) is 17.0 Å². The summed E-state index contributed by atoms with van der Waals surface area (Å²) in [7, 11) is 0. The minimum Gasteiger partial charge on any atom is -0.450 e. The minimum absolute atomic E-state index is 0.376. The van der Waals surface area contributed by atoms with Crippen LogP contribution in [0.1, 0.15) is 0 Å². The van der Waals surface area contributed by atoms with E-state index >= 15 is 0 Å². The third-order valence-electron chi connectivity index (χ3n) is 1.58. The summed E-state index contributed by atoms with van der Waals surface area (Å²) in [5, 5.41) is 4.38. The van der Waals surface area contributed by atoms with E-state index in [0.717, 1.165) is 12.1 Å². The van der Waals surface area contributed by atoms with Crippen molar-refractivity contribution in [1.82, 2.24) is 0 Å². The molecule has 0 spiro atoms. The average molecular weight is 211 g/mol. The van der Waals surface area contributed by atoms with Crippen LogP contribution >= 0.6 is 11.3 Å². The summed E-state index contributed by atoms with van der Waals surface area (Å²) in [6.07, 6.45) is 0. The Morgan fingerprint density at radius 1 is 1.21 bits per heavy atom. The van der Waals surface area contributed by atoms with Gasteiger partial charge >= 0.3 is 0 Å². The lowest BCUT2D eigenvalue weighted by Gasteiger charge is -2.04. The van der Waals surface area contributed by atoms with Crippen molar-refractivity contribution < 1.29 is 13.5 Å². The van der Waals surface area contributed by atoms with Gasteiger partial charge in [0.15, 0.2) is 17.4 Å². The van der Waals surface area contributed by atoms with E-state index in [0.29, 0.717) is 5.75 Å². The lowest BCUT2D eigenvalue weighted by atomic mass is 10.3. The third kappa shape index (κ3) is 1.75. The Hall–Kier alpha value is -1.42. The smallest absolute Gasteiger partial charge is 0.198 e. The number of halogens is 2. The number of ether oxygens (including phenoxy) is 1. The Kier molecular flexibility index (Phi) is 2.45. The predicted molar refractivity (Wildman–Crippen MR) is 49.6 cm³/mol. The fourth-order valence-corrected chi connectivity index (χ4v) is 1.45. The van der Waals surface area contributed by atoms with Crippen LogP contribution in [0.5, 0.6) is 11.5 Å². The highest BCUT2D eigenvalue weighted by atomic mass is 32.1. The normalized spacial score (nSPS) is 10.1. The van der Waals surface area contributed by atoms with Crippen molar-refractivity contribution in [2.24, 2.45) is 0 Å². The summed E-state index contributed by atoms with van der Waals surface area (Å²) in [6, 6.07) is 5.11. The highest BCUT2D eigenvalue weighted by Gasteiger charge is 2.10. The Balaban J connectivity index is 2.33. The molecule has 0 atom stereocenters. The van der Waals surface area contributed by atoms with Gasteiger partial charge in [0.2, 0.25) is 0 Å². The molecule has 71 valence electrons. The van der Waals surface area contributed by atoms with Crippen LogP contribution in [0.2, 0.25) is 0 Å². The van der Waals surface area contributed by atoms with Gasteiger partial charge in [0.25, 0.3) is 0 Å². The van der Waals surface area contributed by atoms with E-state index in [1.54, 1.807) is 5.38 Å². The van der Waals surface area contributed by atoms with Gasteiger partial charge in [0, 0.05) is 16.8 Å². The molecule has 1 nitrogen and oxygen atoms in total. The van der Waals surface area contributed by atoms with E-state index in [-0.39, 0.29) is 5.75 Å². The number of hydrogen-bond acceptors (Lipinski definition) is 2. The standard InChI is InChI=1S/C10H5F2OS/c11-8-2-1-3-9(12)10(8)13-7-4-5-14-6-7/h1-4,6H. The van der Waals surface area contributed by atoms with E-state index in [9.17, 15) is 8.78 Å². The van der Waals surface area contributed by atoms with E-state index in [2.05, 4.69) is 5.38 Å². The molecule has 1 heterocycles. The molecule has 0 N–H and O–H groups in total. The fraction of sp³-hybridized carbons (Fsp3) is 0. The van der Waals surface area contributed by atoms with Crippen LogP contribution in [0.3, 0.4) is 0 Å². The third-order valence-corrected chi connectivity index (χ3v) is 2.19. The molecule has 4 heteroatoms. The van der Waals surface area contributed by atoms with Gasteiger partial charge in [0.05, 0.1) is 0 Å². The topological polar surface area (TPSA) is 9.23 Å². The van der Waals surface area contributed by atoms with Gasteiger partial charge in [-0.1, -0.05) is 6.07 Å². The first-order chi connectivity index (χ1) is 6.77. The van der Waals surface area contributed by atoms with Crippen molar-refractivity contribution in [2.45, 2.75) is 0 Å². The van der Waals surface area contributed by atoms with Crippen molar-refractivity contribution in [2.75, 3.05) is 0 Å². The number of benzene rings is 1. The van der Waals surface area contributed by atoms with Crippen LogP contribution in [-0.2, 0) is 0 Å². The SMILES string of the molecule is Fc1cccc(F)c1Oc1c[c]sc1. The molecule has 1 aromatic heterocycles. The molecule has 0 saturated carbocycles. The molecule has 14 heavy (non-hydrogen) atoms. The van der Waals surface area contributed by atoms with Crippen molar-refractivity contribution in [3.8, 4) is 11.5 Å². The average Bonchev–Trinajstić information content (AvgIpc) is 2.64. The van der Waals surface area contributed by atoms with Crippen molar-refractivity contribution >= 4 is 11.3 Å². The molecule has 0 unspecified atom stereocenters. The molecule has 0 fully saturated rings. The van der Waals surface area contributed by atoms with Crippen molar-refractivity contribution in [3.05, 3.63) is 46.7 Å². The summed E-state index contributed by atoms with van der Waals surface area (Å²) in [4.78, 5) is 0. The minimum atomic E-state index is -0.712. The lowest BCUT2D eigenvalue weighted by Crippen LogP contribution is -1.90. The van der Waals surface area contributed by atoms with Gasteiger partial charge in [-0.15, -0.1) is 11.3 Å². The highest BCUT2D eigenvalue weighted by Crippen LogP contribution is 2.28. The molecule has 1 radical (unpaired) electrons. The number of thiophene rings is 1. The maximum atomic E-state index is 13.1. The van der Waals surface area contributed by atoms with Crippen molar-refractivity contribution in [3.63, 3.8) is 0 Å². The van der Waals surface area contributed by atoms with Gasteiger partial charge in [-0.2, -0.15) is 0 Å². The second-order valence-electron chi connectivity index (χ2n) is 2.55. The summed E-state index contributed by atoms with van der Waals surface area (Å²) < 4.78 is 31.2. The summed E-state index contributed by atoms with van der Waals surface area (Å²) in [5.74, 6) is -1.41. The van der Waals surface area contributed by atoms with Gasteiger partial charge < -0.3 is 4.74 Å². The Bertz CT molecular complexity index is 405. The van der Waals surface area contributed by atoms with E-state index in [1.807, 2.05) is 0 Å². The van der Waals surface area contributed by atoms with Crippen molar-refractivity contribution in [1.29, 1.82) is 0 Å². The van der Waals surface area contributed by atoms with Crippen LogP contribution < -0.4 is 4.74 Å². The largest absolute Gasteiger partial charge is 0.450 e. The Labute approximate surface area is 83.6 Å². The van der Waals surface area contributed by atoms with Gasteiger partial charge in [-0.25, -0.2) is 8.78 Å². The predicted octanol–water partition coefficient (Wildman–Crippen LogP) is 3.62. The highest BCUT2D eigenvalue weighted by molar-refractivity contribution is 7.07.